The first-order valence-electron chi connectivity index (χ1n) is 6.71. The number of carboxylic acid groups (broad SMARTS) is 1. The van der Waals surface area contributed by atoms with E-state index >= 15 is 0 Å². The molecule has 1 aliphatic carbocycles. The van der Waals surface area contributed by atoms with E-state index in [-0.39, 0.29) is 29.7 Å². The van der Waals surface area contributed by atoms with E-state index in [0.717, 1.165) is 12.8 Å². The molecule has 2 atom stereocenters. The summed E-state index contributed by atoms with van der Waals surface area (Å²) in [5.41, 5.74) is 0.0964. The van der Waals surface area contributed by atoms with Gasteiger partial charge in [0.1, 0.15) is 0 Å². The highest BCUT2D eigenvalue weighted by molar-refractivity contribution is 5.77. The molecule has 0 spiro atoms. The second-order valence-electron chi connectivity index (χ2n) is 6.58. The predicted octanol–water partition coefficient (Wildman–Crippen LogP) is 2.43. The van der Waals surface area contributed by atoms with Crippen LogP contribution in [0.4, 0.5) is 0 Å². The number of hydrogen-bond donors (Lipinski definition) is 2. The molecule has 104 valence electrons. The third kappa shape index (κ3) is 5.07. The molecule has 0 bridgehead atoms. The lowest BCUT2D eigenvalue weighted by Gasteiger charge is -2.27. The van der Waals surface area contributed by atoms with Crippen LogP contribution in [0.2, 0.25) is 0 Å². The molecule has 1 aliphatic rings. The van der Waals surface area contributed by atoms with Gasteiger partial charge in [0.2, 0.25) is 5.91 Å². The average Bonchev–Trinajstić information content (AvgIpc) is 2.96. The first kappa shape index (κ1) is 15.0. The fourth-order valence-corrected chi connectivity index (χ4v) is 1.87. The molecule has 0 heterocycles. The summed E-state index contributed by atoms with van der Waals surface area (Å²) >= 11 is 0. The molecule has 0 aromatic carbocycles. The van der Waals surface area contributed by atoms with Gasteiger partial charge in [-0.15, -0.1) is 0 Å². The van der Waals surface area contributed by atoms with Crippen LogP contribution in [0.1, 0.15) is 53.4 Å². The van der Waals surface area contributed by atoms with E-state index < -0.39 is 5.97 Å². The van der Waals surface area contributed by atoms with Gasteiger partial charge in [-0.2, -0.15) is 0 Å². The molecule has 0 aromatic rings. The van der Waals surface area contributed by atoms with Crippen LogP contribution in [-0.4, -0.2) is 23.0 Å². The minimum atomic E-state index is -0.837. The summed E-state index contributed by atoms with van der Waals surface area (Å²) in [5, 5.41) is 11.7. The number of amides is 1. The highest BCUT2D eigenvalue weighted by atomic mass is 16.4. The number of rotatable bonds is 6. The van der Waals surface area contributed by atoms with E-state index in [0.29, 0.717) is 12.3 Å². The van der Waals surface area contributed by atoms with Crippen LogP contribution in [0.3, 0.4) is 0 Å². The van der Waals surface area contributed by atoms with Gasteiger partial charge in [0.05, 0.1) is 6.42 Å². The summed E-state index contributed by atoms with van der Waals surface area (Å²) in [6.45, 7) is 8.39. The Morgan fingerprint density at radius 1 is 1.28 bits per heavy atom. The summed E-state index contributed by atoms with van der Waals surface area (Å²) in [7, 11) is 0. The molecular formula is C14H25NO3. The Labute approximate surface area is 109 Å². The van der Waals surface area contributed by atoms with Gasteiger partial charge in [0.25, 0.3) is 0 Å². The smallest absolute Gasteiger partial charge is 0.305 e. The largest absolute Gasteiger partial charge is 0.481 e. The zero-order chi connectivity index (χ0) is 13.9. The van der Waals surface area contributed by atoms with Crippen LogP contribution in [-0.2, 0) is 9.59 Å². The number of nitrogens with one attached hydrogen (secondary N) is 1. The van der Waals surface area contributed by atoms with E-state index in [4.69, 9.17) is 5.11 Å². The van der Waals surface area contributed by atoms with Crippen molar-refractivity contribution in [1.29, 1.82) is 0 Å². The maximum absolute atomic E-state index is 11.9. The number of carbonyl (C=O) groups excluding carboxylic acids is 1. The van der Waals surface area contributed by atoms with Crippen molar-refractivity contribution >= 4 is 11.9 Å². The molecule has 1 rings (SSSR count). The lowest BCUT2D eigenvalue weighted by Crippen LogP contribution is -2.39. The first-order chi connectivity index (χ1) is 8.20. The number of carbonyl (C=O) groups is 2. The zero-order valence-electron chi connectivity index (χ0n) is 11.8. The number of aliphatic carboxylic acids is 1. The maximum Gasteiger partial charge on any atom is 0.305 e. The third-order valence-electron chi connectivity index (χ3n) is 3.90. The monoisotopic (exact) mass is 255 g/mol. The van der Waals surface area contributed by atoms with Gasteiger partial charge in [-0.1, -0.05) is 27.7 Å². The Kier molecular flexibility index (Phi) is 4.77. The van der Waals surface area contributed by atoms with E-state index in [9.17, 15) is 9.59 Å². The van der Waals surface area contributed by atoms with Gasteiger partial charge >= 0.3 is 5.97 Å². The molecule has 4 heteroatoms. The Balaban J connectivity index is 2.44. The Hall–Kier alpha value is -1.06. The van der Waals surface area contributed by atoms with Gasteiger partial charge in [-0.3, -0.25) is 9.59 Å². The predicted molar refractivity (Wildman–Crippen MR) is 70.1 cm³/mol. The van der Waals surface area contributed by atoms with Crippen molar-refractivity contribution in [1.82, 2.24) is 5.32 Å². The number of hydrogen-bond acceptors (Lipinski definition) is 2. The maximum atomic E-state index is 11.9. The molecule has 1 fully saturated rings. The molecule has 0 radical (unpaired) electrons. The van der Waals surface area contributed by atoms with Gasteiger partial charge in [0.15, 0.2) is 0 Å². The summed E-state index contributed by atoms with van der Waals surface area (Å²) in [4.78, 5) is 22.7. The molecule has 1 saturated carbocycles. The van der Waals surface area contributed by atoms with Gasteiger partial charge in [-0.05, 0) is 30.1 Å². The molecule has 4 nitrogen and oxygen atoms in total. The molecule has 0 saturated heterocycles. The van der Waals surface area contributed by atoms with Crippen molar-refractivity contribution in [3.8, 4) is 0 Å². The van der Waals surface area contributed by atoms with Gasteiger partial charge < -0.3 is 10.4 Å². The normalized spacial score (nSPS) is 19.1. The summed E-state index contributed by atoms with van der Waals surface area (Å²) in [6, 6.07) is -0.179. The first-order valence-corrected chi connectivity index (χ1v) is 6.71. The molecule has 18 heavy (non-hydrogen) atoms. The minimum absolute atomic E-state index is 0.0180. The molecular weight excluding hydrogens is 230 g/mol. The van der Waals surface area contributed by atoms with Crippen molar-refractivity contribution in [2.24, 2.45) is 17.3 Å². The molecule has 0 unspecified atom stereocenters. The van der Waals surface area contributed by atoms with Crippen LogP contribution < -0.4 is 5.32 Å². The topological polar surface area (TPSA) is 66.4 Å². The van der Waals surface area contributed by atoms with Crippen LogP contribution in [0.5, 0.6) is 0 Å². The van der Waals surface area contributed by atoms with Crippen LogP contribution in [0, 0.1) is 17.3 Å². The fourth-order valence-electron chi connectivity index (χ4n) is 1.87. The quantitative estimate of drug-likeness (QED) is 0.766. The second-order valence-corrected chi connectivity index (χ2v) is 6.58. The van der Waals surface area contributed by atoms with Crippen molar-refractivity contribution < 1.29 is 14.7 Å². The minimum Gasteiger partial charge on any atom is -0.481 e. The average molecular weight is 255 g/mol. The summed E-state index contributed by atoms with van der Waals surface area (Å²) in [5.74, 6) is -0.205. The highest BCUT2D eigenvalue weighted by Gasteiger charge is 2.34. The second kappa shape index (κ2) is 5.72. The zero-order valence-corrected chi connectivity index (χ0v) is 11.8. The Morgan fingerprint density at radius 3 is 2.22 bits per heavy atom. The molecule has 0 aliphatic heterocycles. The molecule has 1 amide bonds. The van der Waals surface area contributed by atoms with Crippen LogP contribution in [0.15, 0.2) is 0 Å². The number of carboxylic acids is 1. The van der Waals surface area contributed by atoms with Crippen molar-refractivity contribution in [3.63, 3.8) is 0 Å². The van der Waals surface area contributed by atoms with Crippen LogP contribution in [0.25, 0.3) is 0 Å². The summed E-state index contributed by atoms with van der Waals surface area (Å²) < 4.78 is 0. The third-order valence-corrected chi connectivity index (χ3v) is 3.90. The summed E-state index contributed by atoms with van der Waals surface area (Å²) in [6.07, 6.45) is 2.58. The Morgan fingerprint density at radius 2 is 1.83 bits per heavy atom. The molecule has 0 aromatic heterocycles. The van der Waals surface area contributed by atoms with E-state index in [1.54, 1.807) is 0 Å². The highest BCUT2D eigenvalue weighted by Crippen LogP contribution is 2.34. The van der Waals surface area contributed by atoms with Gasteiger partial charge in [0, 0.05) is 12.5 Å². The van der Waals surface area contributed by atoms with Gasteiger partial charge in [-0.25, -0.2) is 0 Å². The Bertz CT molecular complexity index is 315. The van der Waals surface area contributed by atoms with E-state index in [2.05, 4.69) is 33.0 Å². The van der Waals surface area contributed by atoms with Crippen molar-refractivity contribution in [2.75, 3.05) is 0 Å². The lowest BCUT2D eigenvalue weighted by molar-refractivity contribution is -0.138. The van der Waals surface area contributed by atoms with Crippen molar-refractivity contribution in [3.05, 3.63) is 0 Å². The van der Waals surface area contributed by atoms with E-state index in [1.807, 2.05) is 0 Å². The fraction of sp³-hybridized carbons (Fsp3) is 0.857. The lowest BCUT2D eigenvalue weighted by atomic mass is 9.80. The SMILES string of the molecule is C[C@H](CC(=O)N[C@@H](CC(=O)O)C1CC1)C(C)(C)C. The standard InChI is InChI=1S/C14H25NO3/c1-9(14(2,3)4)7-12(16)15-11(8-13(17)18)10-5-6-10/h9-11H,5-8H2,1-4H3,(H,15,16)(H,17,18)/t9-,11+/m1/s1. The van der Waals surface area contributed by atoms with Crippen LogP contribution >= 0.6 is 0 Å². The van der Waals surface area contributed by atoms with E-state index in [1.165, 1.54) is 0 Å². The molecule has 2 N–H and O–H groups in total. The van der Waals surface area contributed by atoms with Crippen molar-refractivity contribution in [2.45, 2.75) is 59.4 Å².